The van der Waals surface area contributed by atoms with E-state index in [1.54, 1.807) is 18.9 Å². The zero-order valence-electron chi connectivity index (χ0n) is 16.5. The fourth-order valence-electron chi connectivity index (χ4n) is 2.63. The lowest BCUT2D eigenvalue weighted by Crippen LogP contribution is -2.43. The Morgan fingerprint density at radius 1 is 1.11 bits per heavy atom. The Morgan fingerprint density at radius 2 is 1.78 bits per heavy atom. The Kier molecular flexibility index (Phi) is 10.9. The zero-order chi connectivity index (χ0) is 20.1. The first kappa shape index (κ1) is 22.8. The van der Waals surface area contributed by atoms with Gasteiger partial charge in [-0.15, -0.1) is 0 Å². The molecule has 0 saturated heterocycles. The average Bonchev–Trinajstić information content (AvgIpc) is 2.69. The van der Waals surface area contributed by atoms with E-state index in [-0.39, 0.29) is 43.9 Å². The lowest BCUT2D eigenvalue weighted by molar-refractivity contribution is -0.144. The minimum absolute atomic E-state index is 0.0986. The van der Waals surface area contributed by atoms with Crippen molar-refractivity contribution in [2.45, 2.75) is 45.6 Å². The summed E-state index contributed by atoms with van der Waals surface area (Å²) in [6.45, 7) is 4.47. The van der Waals surface area contributed by atoms with Crippen LogP contribution in [-0.4, -0.2) is 61.4 Å². The highest BCUT2D eigenvalue weighted by Gasteiger charge is 2.22. The highest BCUT2D eigenvalue weighted by atomic mass is 16.5. The predicted octanol–water partition coefficient (Wildman–Crippen LogP) is 2.41. The van der Waals surface area contributed by atoms with E-state index in [1.807, 2.05) is 31.2 Å². The molecule has 1 atom stereocenters. The quantitative estimate of drug-likeness (QED) is 0.417. The monoisotopic (exact) mass is 381 g/mol. The molecule has 0 aliphatic carbocycles. The van der Waals surface area contributed by atoms with Crippen molar-refractivity contribution in [1.82, 2.24) is 4.90 Å². The maximum absolute atomic E-state index is 12.6. The number of aliphatic hydroxyl groups is 1. The highest BCUT2D eigenvalue weighted by molar-refractivity contribution is 5.77. The molecule has 7 nitrogen and oxygen atoms in total. The number of ether oxygens (including phenoxy) is 3. The third kappa shape index (κ3) is 8.30. The number of aliphatic hydroxyl groups excluding tert-OH is 1. The van der Waals surface area contributed by atoms with Crippen LogP contribution in [0.2, 0.25) is 0 Å². The molecule has 27 heavy (non-hydrogen) atoms. The molecular weight excluding hydrogens is 350 g/mol. The van der Waals surface area contributed by atoms with Crippen molar-refractivity contribution in [3.05, 3.63) is 24.3 Å². The Balaban J connectivity index is 2.47. The van der Waals surface area contributed by atoms with Gasteiger partial charge in [0.1, 0.15) is 11.5 Å². The van der Waals surface area contributed by atoms with Crippen LogP contribution in [0.5, 0.6) is 11.5 Å². The Morgan fingerprint density at radius 3 is 2.33 bits per heavy atom. The van der Waals surface area contributed by atoms with Gasteiger partial charge in [0.2, 0.25) is 5.91 Å². The van der Waals surface area contributed by atoms with E-state index >= 15 is 0 Å². The van der Waals surface area contributed by atoms with Crippen molar-refractivity contribution in [1.29, 1.82) is 0 Å². The van der Waals surface area contributed by atoms with Gasteiger partial charge in [0, 0.05) is 13.0 Å². The smallest absolute Gasteiger partial charge is 0.307 e. The SMILES string of the molecule is CCOC(=O)CCN(C(=O)CCCOc1ccc(OC)cc1)C(CC)CO. The molecule has 0 heterocycles. The summed E-state index contributed by atoms with van der Waals surface area (Å²) in [6, 6.07) is 6.94. The summed E-state index contributed by atoms with van der Waals surface area (Å²) < 4.78 is 15.6. The molecule has 1 amide bonds. The normalized spacial score (nSPS) is 11.6. The van der Waals surface area contributed by atoms with Crippen molar-refractivity contribution in [2.24, 2.45) is 0 Å². The third-order valence-corrected chi connectivity index (χ3v) is 4.17. The molecule has 0 aromatic heterocycles. The number of hydrogen-bond acceptors (Lipinski definition) is 6. The number of carbonyl (C=O) groups excluding carboxylic acids is 2. The fourth-order valence-corrected chi connectivity index (χ4v) is 2.63. The van der Waals surface area contributed by atoms with E-state index in [9.17, 15) is 14.7 Å². The van der Waals surface area contributed by atoms with Crippen molar-refractivity contribution >= 4 is 11.9 Å². The molecule has 0 aliphatic rings. The summed E-state index contributed by atoms with van der Waals surface area (Å²) in [5.41, 5.74) is 0. The van der Waals surface area contributed by atoms with Gasteiger partial charge in [0.15, 0.2) is 0 Å². The van der Waals surface area contributed by atoms with E-state index in [4.69, 9.17) is 14.2 Å². The van der Waals surface area contributed by atoms with E-state index in [0.29, 0.717) is 31.8 Å². The zero-order valence-corrected chi connectivity index (χ0v) is 16.5. The summed E-state index contributed by atoms with van der Waals surface area (Å²) in [5.74, 6) is 1.03. The van der Waals surface area contributed by atoms with Gasteiger partial charge in [-0.25, -0.2) is 0 Å². The van der Waals surface area contributed by atoms with Gasteiger partial charge in [0.05, 0.1) is 39.4 Å². The molecule has 0 bridgehead atoms. The van der Waals surface area contributed by atoms with Crippen LogP contribution in [0.4, 0.5) is 0 Å². The molecule has 0 saturated carbocycles. The molecule has 0 spiro atoms. The summed E-state index contributed by atoms with van der Waals surface area (Å²) in [6.07, 6.45) is 1.57. The third-order valence-electron chi connectivity index (χ3n) is 4.17. The van der Waals surface area contributed by atoms with Crippen LogP contribution in [0.3, 0.4) is 0 Å². The number of methoxy groups -OCH3 is 1. The number of rotatable bonds is 13. The van der Waals surface area contributed by atoms with Gasteiger partial charge in [0.25, 0.3) is 0 Å². The maximum atomic E-state index is 12.6. The Hall–Kier alpha value is -2.28. The van der Waals surface area contributed by atoms with Crippen LogP contribution in [0.25, 0.3) is 0 Å². The van der Waals surface area contributed by atoms with Crippen LogP contribution in [0, 0.1) is 0 Å². The first-order valence-electron chi connectivity index (χ1n) is 9.38. The lowest BCUT2D eigenvalue weighted by atomic mass is 10.1. The second-order valence-electron chi connectivity index (χ2n) is 6.01. The molecule has 1 unspecified atom stereocenters. The molecule has 1 N–H and O–H groups in total. The molecule has 1 rings (SSSR count). The molecule has 1 aromatic rings. The number of hydrogen-bond donors (Lipinski definition) is 1. The average molecular weight is 381 g/mol. The summed E-state index contributed by atoms with van der Waals surface area (Å²) in [7, 11) is 1.60. The topological polar surface area (TPSA) is 85.3 Å². The standard InChI is InChI=1S/C20H31NO6/c1-4-16(15-22)21(13-12-20(24)26-5-2)19(23)7-6-14-27-18-10-8-17(25-3)9-11-18/h8-11,16,22H,4-7,12-15H2,1-3H3. The first-order valence-corrected chi connectivity index (χ1v) is 9.38. The summed E-state index contributed by atoms with van der Waals surface area (Å²) >= 11 is 0. The fraction of sp³-hybridized carbons (Fsp3) is 0.600. The van der Waals surface area contributed by atoms with Gasteiger partial charge < -0.3 is 24.2 Å². The van der Waals surface area contributed by atoms with Crippen LogP contribution in [0.1, 0.15) is 39.5 Å². The van der Waals surface area contributed by atoms with Crippen molar-refractivity contribution in [3.8, 4) is 11.5 Å². The van der Waals surface area contributed by atoms with Crippen LogP contribution in [0.15, 0.2) is 24.3 Å². The summed E-state index contributed by atoms with van der Waals surface area (Å²) in [4.78, 5) is 25.7. The van der Waals surface area contributed by atoms with Crippen molar-refractivity contribution < 1.29 is 28.9 Å². The van der Waals surface area contributed by atoms with Gasteiger partial charge in [-0.3, -0.25) is 9.59 Å². The number of carbonyl (C=O) groups is 2. The molecule has 1 aromatic carbocycles. The molecule has 0 aliphatic heterocycles. The molecule has 152 valence electrons. The Bertz CT molecular complexity index is 556. The van der Waals surface area contributed by atoms with E-state index in [2.05, 4.69) is 0 Å². The molecule has 7 heteroatoms. The molecule has 0 fully saturated rings. The van der Waals surface area contributed by atoms with Crippen LogP contribution in [-0.2, 0) is 14.3 Å². The number of benzene rings is 1. The Labute approximate surface area is 161 Å². The predicted molar refractivity (Wildman–Crippen MR) is 102 cm³/mol. The maximum Gasteiger partial charge on any atom is 0.307 e. The van der Waals surface area contributed by atoms with Crippen LogP contribution >= 0.6 is 0 Å². The highest BCUT2D eigenvalue weighted by Crippen LogP contribution is 2.17. The number of nitrogens with zero attached hydrogens (tertiary/aromatic N) is 1. The molecule has 0 radical (unpaired) electrons. The minimum Gasteiger partial charge on any atom is -0.497 e. The van der Waals surface area contributed by atoms with Gasteiger partial charge >= 0.3 is 5.97 Å². The lowest BCUT2D eigenvalue weighted by Gasteiger charge is -2.30. The molecular formula is C20H31NO6. The van der Waals surface area contributed by atoms with Gasteiger partial charge in [-0.1, -0.05) is 6.92 Å². The second-order valence-corrected chi connectivity index (χ2v) is 6.01. The largest absolute Gasteiger partial charge is 0.497 e. The summed E-state index contributed by atoms with van der Waals surface area (Å²) in [5, 5.41) is 9.53. The minimum atomic E-state index is -0.342. The van der Waals surface area contributed by atoms with Gasteiger partial charge in [-0.05, 0) is 44.0 Å². The van der Waals surface area contributed by atoms with E-state index in [0.717, 1.165) is 5.75 Å². The van der Waals surface area contributed by atoms with E-state index < -0.39 is 0 Å². The number of amides is 1. The van der Waals surface area contributed by atoms with Crippen molar-refractivity contribution in [2.75, 3.05) is 33.5 Å². The van der Waals surface area contributed by atoms with Crippen LogP contribution < -0.4 is 9.47 Å². The first-order chi connectivity index (χ1) is 13.0. The second kappa shape index (κ2) is 13.0. The van der Waals surface area contributed by atoms with Gasteiger partial charge in [-0.2, -0.15) is 0 Å². The number of esters is 1. The van der Waals surface area contributed by atoms with Crippen molar-refractivity contribution in [3.63, 3.8) is 0 Å². The van der Waals surface area contributed by atoms with E-state index in [1.165, 1.54) is 0 Å².